The highest BCUT2D eigenvalue weighted by atomic mass is 16.5. The lowest BCUT2D eigenvalue weighted by atomic mass is 9.90. The number of aliphatic carboxylic acids is 1. The van der Waals surface area contributed by atoms with Gasteiger partial charge in [-0.15, -0.1) is 0 Å². The molecular formula is C13H18O5. The van der Waals surface area contributed by atoms with Gasteiger partial charge in [-0.3, -0.25) is 4.79 Å². The first-order valence-electron chi connectivity index (χ1n) is 5.57. The third kappa shape index (κ3) is 3.37. The predicted molar refractivity (Wildman–Crippen MR) is 66.0 cm³/mol. The molecule has 0 saturated heterocycles. The van der Waals surface area contributed by atoms with Crippen molar-refractivity contribution in [1.82, 2.24) is 0 Å². The van der Waals surface area contributed by atoms with Crippen molar-refractivity contribution < 1.29 is 24.5 Å². The van der Waals surface area contributed by atoms with Crippen LogP contribution in [-0.4, -0.2) is 30.4 Å². The maximum atomic E-state index is 10.6. The summed E-state index contributed by atoms with van der Waals surface area (Å²) < 4.78 is 10.3. The normalized spacial score (nSPS) is 13.8. The second-order valence-electron chi connectivity index (χ2n) is 4.23. The van der Waals surface area contributed by atoms with Gasteiger partial charge in [0.25, 0.3) is 0 Å². The van der Waals surface area contributed by atoms with Crippen LogP contribution in [0.2, 0.25) is 0 Å². The molecular weight excluding hydrogens is 236 g/mol. The van der Waals surface area contributed by atoms with Crippen LogP contribution < -0.4 is 9.47 Å². The van der Waals surface area contributed by atoms with Crippen LogP contribution in [0.1, 0.15) is 25.3 Å². The summed E-state index contributed by atoms with van der Waals surface area (Å²) in [5.74, 6) is 0.143. The molecule has 1 unspecified atom stereocenters. The van der Waals surface area contributed by atoms with Crippen molar-refractivity contribution in [3.05, 3.63) is 23.8 Å². The average Bonchev–Trinajstić information content (AvgIpc) is 2.35. The van der Waals surface area contributed by atoms with Gasteiger partial charge in [-0.1, -0.05) is 0 Å². The first-order valence-corrected chi connectivity index (χ1v) is 5.57. The van der Waals surface area contributed by atoms with Gasteiger partial charge in [0.1, 0.15) is 11.5 Å². The fourth-order valence-electron chi connectivity index (χ4n) is 1.72. The van der Waals surface area contributed by atoms with Gasteiger partial charge < -0.3 is 19.7 Å². The standard InChI is InChI=1S/C13H18O5/c1-13(16,7-6-12(14)15)10-8-9(17-2)4-5-11(10)18-3/h4-5,8,16H,6-7H2,1-3H3,(H,14,15). The van der Waals surface area contributed by atoms with E-state index in [9.17, 15) is 9.90 Å². The van der Waals surface area contributed by atoms with Crippen LogP contribution in [-0.2, 0) is 10.4 Å². The van der Waals surface area contributed by atoms with Gasteiger partial charge in [0.2, 0.25) is 0 Å². The van der Waals surface area contributed by atoms with Crippen LogP contribution >= 0.6 is 0 Å². The van der Waals surface area contributed by atoms with Crippen LogP contribution in [0.25, 0.3) is 0 Å². The van der Waals surface area contributed by atoms with Crippen LogP contribution in [0.5, 0.6) is 11.5 Å². The molecule has 0 aromatic heterocycles. The molecule has 18 heavy (non-hydrogen) atoms. The van der Waals surface area contributed by atoms with E-state index in [-0.39, 0.29) is 12.8 Å². The Kier molecular flexibility index (Phi) is 4.55. The fourth-order valence-corrected chi connectivity index (χ4v) is 1.72. The Morgan fingerprint density at radius 2 is 2.00 bits per heavy atom. The van der Waals surface area contributed by atoms with Gasteiger partial charge in [0.05, 0.1) is 19.8 Å². The Bertz CT molecular complexity index is 425. The SMILES string of the molecule is COc1ccc(OC)c(C(C)(O)CCC(=O)O)c1. The average molecular weight is 254 g/mol. The van der Waals surface area contributed by atoms with Gasteiger partial charge in [-0.25, -0.2) is 0 Å². The summed E-state index contributed by atoms with van der Waals surface area (Å²) in [6, 6.07) is 5.06. The molecule has 0 spiro atoms. The van der Waals surface area contributed by atoms with E-state index in [2.05, 4.69) is 0 Å². The highest BCUT2D eigenvalue weighted by Gasteiger charge is 2.28. The number of rotatable bonds is 6. The lowest BCUT2D eigenvalue weighted by Gasteiger charge is -2.25. The van der Waals surface area contributed by atoms with Crippen LogP contribution in [0.15, 0.2) is 18.2 Å². The monoisotopic (exact) mass is 254 g/mol. The van der Waals surface area contributed by atoms with Gasteiger partial charge in [-0.05, 0) is 31.5 Å². The summed E-state index contributed by atoms with van der Waals surface area (Å²) in [6.45, 7) is 1.56. The molecule has 0 radical (unpaired) electrons. The van der Waals surface area contributed by atoms with Crippen molar-refractivity contribution in [3.63, 3.8) is 0 Å². The van der Waals surface area contributed by atoms with Crippen LogP contribution in [0, 0.1) is 0 Å². The highest BCUT2D eigenvalue weighted by Crippen LogP contribution is 2.35. The third-order valence-corrected chi connectivity index (χ3v) is 2.81. The molecule has 1 aromatic rings. The van der Waals surface area contributed by atoms with Gasteiger partial charge in [-0.2, -0.15) is 0 Å². The minimum absolute atomic E-state index is 0.103. The van der Waals surface area contributed by atoms with Crippen molar-refractivity contribution in [3.8, 4) is 11.5 Å². The molecule has 1 aromatic carbocycles. The number of hydrogen-bond acceptors (Lipinski definition) is 4. The second kappa shape index (κ2) is 5.73. The number of aliphatic hydroxyl groups is 1. The number of methoxy groups -OCH3 is 2. The van der Waals surface area contributed by atoms with E-state index < -0.39 is 11.6 Å². The summed E-state index contributed by atoms with van der Waals surface area (Å²) in [5.41, 5.74) is -0.760. The Morgan fingerprint density at radius 3 is 2.50 bits per heavy atom. The molecule has 0 heterocycles. The summed E-state index contributed by atoms with van der Waals surface area (Å²) in [7, 11) is 3.02. The third-order valence-electron chi connectivity index (χ3n) is 2.81. The summed E-state index contributed by atoms with van der Waals surface area (Å²) in [5, 5.41) is 19.1. The van der Waals surface area contributed by atoms with Gasteiger partial charge in [0, 0.05) is 12.0 Å². The lowest BCUT2D eigenvalue weighted by Crippen LogP contribution is -2.23. The quantitative estimate of drug-likeness (QED) is 0.809. The number of carboxylic acid groups (broad SMARTS) is 1. The zero-order chi connectivity index (χ0) is 13.8. The summed E-state index contributed by atoms with van der Waals surface area (Å²) in [6.07, 6.45) is -0.0147. The Balaban J connectivity index is 3.07. The van der Waals surface area contributed by atoms with Crippen molar-refractivity contribution in [2.75, 3.05) is 14.2 Å². The Labute approximate surface area is 106 Å². The minimum Gasteiger partial charge on any atom is -0.497 e. The van der Waals surface area contributed by atoms with Crippen LogP contribution in [0.3, 0.4) is 0 Å². The first-order chi connectivity index (χ1) is 8.40. The molecule has 0 saturated carbocycles. The van der Waals surface area contributed by atoms with Gasteiger partial charge in [0.15, 0.2) is 0 Å². The van der Waals surface area contributed by atoms with E-state index in [4.69, 9.17) is 14.6 Å². The molecule has 2 N–H and O–H groups in total. The molecule has 0 amide bonds. The number of carbonyl (C=O) groups is 1. The Hall–Kier alpha value is -1.75. The molecule has 0 fully saturated rings. The molecule has 0 aliphatic rings. The molecule has 100 valence electrons. The first kappa shape index (κ1) is 14.3. The van der Waals surface area contributed by atoms with Crippen LogP contribution in [0.4, 0.5) is 0 Å². The summed E-state index contributed by atoms with van der Waals surface area (Å²) >= 11 is 0. The fraction of sp³-hybridized carbons (Fsp3) is 0.462. The second-order valence-corrected chi connectivity index (χ2v) is 4.23. The van der Waals surface area contributed by atoms with E-state index in [0.717, 1.165) is 0 Å². The van der Waals surface area contributed by atoms with E-state index >= 15 is 0 Å². The van der Waals surface area contributed by atoms with Gasteiger partial charge >= 0.3 is 5.97 Å². The predicted octanol–water partition coefficient (Wildman–Crippen LogP) is 1.78. The number of hydrogen-bond donors (Lipinski definition) is 2. The van der Waals surface area contributed by atoms with E-state index in [0.29, 0.717) is 17.1 Å². The Morgan fingerprint density at radius 1 is 1.33 bits per heavy atom. The van der Waals surface area contributed by atoms with Crippen molar-refractivity contribution in [1.29, 1.82) is 0 Å². The van der Waals surface area contributed by atoms with E-state index in [1.807, 2.05) is 0 Å². The number of carboxylic acids is 1. The molecule has 1 rings (SSSR count). The molecule has 0 aliphatic carbocycles. The zero-order valence-electron chi connectivity index (χ0n) is 10.8. The number of ether oxygens (including phenoxy) is 2. The topological polar surface area (TPSA) is 76.0 Å². The van der Waals surface area contributed by atoms with Crippen molar-refractivity contribution >= 4 is 5.97 Å². The lowest BCUT2D eigenvalue weighted by molar-refractivity contribution is -0.138. The van der Waals surface area contributed by atoms with Crippen molar-refractivity contribution in [2.24, 2.45) is 0 Å². The number of benzene rings is 1. The molecule has 5 nitrogen and oxygen atoms in total. The zero-order valence-corrected chi connectivity index (χ0v) is 10.8. The highest BCUT2D eigenvalue weighted by molar-refractivity contribution is 5.66. The molecule has 1 atom stereocenters. The maximum absolute atomic E-state index is 10.6. The van der Waals surface area contributed by atoms with Crippen molar-refractivity contribution in [2.45, 2.75) is 25.4 Å². The molecule has 5 heteroatoms. The minimum atomic E-state index is -1.28. The maximum Gasteiger partial charge on any atom is 0.303 e. The van der Waals surface area contributed by atoms with E-state index in [1.165, 1.54) is 14.2 Å². The van der Waals surface area contributed by atoms with E-state index in [1.54, 1.807) is 25.1 Å². The largest absolute Gasteiger partial charge is 0.497 e. The molecule has 0 aliphatic heterocycles. The summed E-state index contributed by atoms with van der Waals surface area (Å²) in [4.78, 5) is 10.6. The molecule has 0 bridgehead atoms. The smallest absolute Gasteiger partial charge is 0.303 e.